The largest absolute Gasteiger partial charge is 0.378 e. The zero-order valence-electron chi connectivity index (χ0n) is 12.6. The fraction of sp³-hybridized carbons (Fsp3) is 0.571. The summed E-state index contributed by atoms with van der Waals surface area (Å²) in [6, 6.07) is 0. The van der Waals surface area contributed by atoms with Gasteiger partial charge in [-0.3, -0.25) is 9.36 Å². The number of rotatable bonds is 8. The van der Waals surface area contributed by atoms with Gasteiger partial charge in [-0.15, -0.1) is 0 Å². The molecular weight excluding hydrogens is 252 g/mol. The topological polar surface area (TPSA) is 50.9 Å². The van der Waals surface area contributed by atoms with Gasteiger partial charge in [0.2, 0.25) is 0 Å². The summed E-state index contributed by atoms with van der Waals surface area (Å²) in [4.78, 5) is 2.39. The summed E-state index contributed by atoms with van der Waals surface area (Å²) in [5.74, 6) is 0. The second-order valence-corrected chi connectivity index (χ2v) is 4.89. The van der Waals surface area contributed by atoms with Gasteiger partial charge in [-0.1, -0.05) is 13.8 Å². The third-order valence-electron chi connectivity index (χ3n) is 3.43. The maximum absolute atomic E-state index is 4.38. The minimum Gasteiger partial charge on any atom is -0.378 e. The van der Waals surface area contributed by atoms with Crippen LogP contribution >= 0.6 is 0 Å². The van der Waals surface area contributed by atoms with Crippen LogP contribution in [0.1, 0.15) is 19.4 Å². The van der Waals surface area contributed by atoms with E-state index >= 15 is 0 Å². The van der Waals surface area contributed by atoms with Gasteiger partial charge in [-0.2, -0.15) is 10.2 Å². The van der Waals surface area contributed by atoms with E-state index < -0.39 is 0 Å². The van der Waals surface area contributed by atoms with Crippen molar-refractivity contribution >= 4 is 5.69 Å². The highest BCUT2D eigenvalue weighted by Gasteiger charge is 2.02. The molecule has 0 fully saturated rings. The van der Waals surface area contributed by atoms with Crippen molar-refractivity contribution < 1.29 is 0 Å². The van der Waals surface area contributed by atoms with Gasteiger partial charge >= 0.3 is 0 Å². The number of nitrogens with one attached hydrogen (secondary N) is 1. The molecule has 1 N–H and O–H groups in total. The third kappa shape index (κ3) is 4.09. The van der Waals surface area contributed by atoms with Gasteiger partial charge < -0.3 is 10.2 Å². The molecule has 0 bridgehead atoms. The smallest absolute Gasteiger partial charge is 0.0729 e. The average Bonchev–Trinajstić information content (AvgIpc) is 3.07. The van der Waals surface area contributed by atoms with Gasteiger partial charge in [0.1, 0.15) is 0 Å². The molecule has 6 heteroatoms. The van der Waals surface area contributed by atoms with Crippen LogP contribution in [0, 0.1) is 0 Å². The van der Waals surface area contributed by atoms with Crippen LogP contribution in [0.25, 0.3) is 0 Å². The normalized spacial score (nSPS) is 11.2. The summed E-state index contributed by atoms with van der Waals surface area (Å²) in [7, 11) is 1.93. The molecule has 2 aromatic rings. The fourth-order valence-corrected chi connectivity index (χ4v) is 2.13. The van der Waals surface area contributed by atoms with Crippen molar-refractivity contribution in [1.29, 1.82) is 0 Å². The molecule has 0 saturated heterocycles. The molecule has 0 aliphatic carbocycles. The number of nitrogens with zero attached hydrogens (tertiary/aromatic N) is 5. The molecule has 110 valence electrons. The average molecular weight is 276 g/mol. The van der Waals surface area contributed by atoms with Crippen LogP contribution in [0.2, 0.25) is 0 Å². The lowest BCUT2D eigenvalue weighted by molar-refractivity contribution is 0.285. The highest BCUT2D eigenvalue weighted by Crippen LogP contribution is 2.07. The molecule has 0 aliphatic rings. The minimum atomic E-state index is 0.773. The molecule has 0 unspecified atom stereocenters. The summed E-state index contributed by atoms with van der Waals surface area (Å²) in [5.41, 5.74) is 2.22. The van der Waals surface area contributed by atoms with Crippen molar-refractivity contribution in [3.63, 3.8) is 0 Å². The first-order valence-corrected chi connectivity index (χ1v) is 7.17. The standard InChI is InChI=1S/C14H24N6/c1-4-19(5-2)6-7-20-12-14(10-17-20)15-8-13-9-16-18(3)11-13/h9-12,15H,4-8H2,1-3H3. The molecule has 2 rings (SSSR count). The summed E-state index contributed by atoms with van der Waals surface area (Å²) in [6.45, 7) is 9.29. The number of hydrogen-bond acceptors (Lipinski definition) is 4. The number of likely N-dealkylation sites (N-methyl/N-ethyl adjacent to an activating group) is 1. The third-order valence-corrected chi connectivity index (χ3v) is 3.43. The van der Waals surface area contributed by atoms with E-state index in [4.69, 9.17) is 0 Å². The maximum Gasteiger partial charge on any atom is 0.0729 e. The molecular formula is C14H24N6. The first-order chi connectivity index (χ1) is 9.71. The Hall–Kier alpha value is -1.82. The number of anilines is 1. The van der Waals surface area contributed by atoms with Crippen LogP contribution < -0.4 is 5.32 Å². The van der Waals surface area contributed by atoms with E-state index in [1.807, 2.05) is 35.0 Å². The van der Waals surface area contributed by atoms with E-state index in [-0.39, 0.29) is 0 Å². The zero-order valence-corrected chi connectivity index (χ0v) is 12.6. The van der Waals surface area contributed by atoms with Crippen molar-refractivity contribution in [2.45, 2.75) is 26.9 Å². The Morgan fingerprint density at radius 1 is 1.15 bits per heavy atom. The summed E-state index contributed by atoms with van der Waals surface area (Å²) in [5, 5.41) is 11.9. The Labute approximate surface area is 120 Å². The number of aromatic nitrogens is 4. The highest BCUT2D eigenvalue weighted by molar-refractivity contribution is 5.38. The van der Waals surface area contributed by atoms with Crippen molar-refractivity contribution in [2.75, 3.05) is 25.0 Å². The van der Waals surface area contributed by atoms with E-state index in [1.54, 1.807) is 0 Å². The first-order valence-electron chi connectivity index (χ1n) is 7.17. The quantitative estimate of drug-likeness (QED) is 0.795. The minimum absolute atomic E-state index is 0.773. The van der Waals surface area contributed by atoms with Gasteiger partial charge in [0.15, 0.2) is 0 Å². The SMILES string of the molecule is CCN(CC)CCn1cc(NCc2cnn(C)c2)cn1. The molecule has 6 nitrogen and oxygen atoms in total. The molecule has 0 saturated carbocycles. The van der Waals surface area contributed by atoms with Gasteiger partial charge in [0.05, 0.1) is 24.6 Å². The lowest BCUT2D eigenvalue weighted by Crippen LogP contribution is -2.27. The summed E-state index contributed by atoms with van der Waals surface area (Å²) >= 11 is 0. The Kier molecular flexibility index (Phi) is 5.17. The molecule has 0 radical (unpaired) electrons. The molecule has 0 aliphatic heterocycles. The van der Waals surface area contributed by atoms with E-state index in [1.165, 1.54) is 5.56 Å². The highest BCUT2D eigenvalue weighted by atomic mass is 15.3. The maximum atomic E-state index is 4.38. The first kappa shape index (κ1) is 14.6. The lowest BCUT2D eigenvalue weighted by atomic mass is 10.3. The van der Waals surface area contributed by atoms with Gasteiger partial charge in [-0.05, 0) is 13.1 Å². The second kappa shape index (κ2) is 7.09. The van der Waals surface area contributed by atoms with Gasteiger partial charge in [0, 0.05) is 38.1 Å². The zero-order chi connectivity index (χ0) is 14.4. The van der Waals surface area contributed by atoms with Crippen LogP contribution in [-0.4, -0.2) is 44.1 Å². The lowest BCUT2D eigenvalue weighted by Gasteiger charge is -2.17. The van der Waals surface area contributed by atoms with E-state index in [9.17, 15) is 0 Å². The Morgan fingerprint density at radius 3 is 2.60 bits per heavy atom. The molecule has 0 spiro atoms. The summed E-state index contributed by atoms with van der Waals surface area (Å²) < 4.78 is 3.80. The Balaban J connectivity index is 1.80. The van der Waals surface area contributed by atoms with Crippen LogP contribution in [0.3, 0.4) is 0 Å². The summed E-state index contributed by atoms with van der Waals surface area (Å²) in [6.07, 6.45) is 7.81. The van der Waals surface area contributed by atoms with Crippen LogP contribution in [0.4, 0.5) is 5.69 Å². The van der Waals surface area contributed by atoms with E-state index in [2.05, 4.69) is 40.5 Å². The van der Waals surface area contributed by atoms with E-state index in [0.29, 0.717) is 0 Å². The van der Waals surface area contributed by atoms with Crippen molar-refractivity contribution in [3.05, 3.63) is 30.4 Å². The molecule has 0 aromatic carbocycles. The monoisotopic (exact) mass is 276 g/mol. The predicted molar refractivity (Wildman–Crippen MR) is 80.5 cm³/mol. The Bertz CT molecular complexity index is 511. The van der Waals surface area contributed by atoms with Crippen molar-refractivity contribution in [2.24, 2.45) is 7.05 Å². The van der Waals surface area contributed by atoms with Crippen LogP contribution in [0.15, 0.2) is 24.8 Å². The van der Waals surface area contributed by atoms with Crippen molar-refractivity contribution in [1.82, 2.24) is 24.5 Å². The van der Waals surface area contributed by atoms with Crippen LogP contribution in [0.5, 0.6) is 0 Å². The number of hydrogen-bond donors (Lipinski definition) is 1. The molecule has 2 aromatic heterocycles. The molecule has 0 amide bonds. The molecule has 20 heavy (non-hydrogen) atoms. The van der Waals surface area contributed by atoms with Gasteiger partial charge in [-0.25, -0.2) is 0 Å². The van der Waals surface area contributed by atoms with Crippen LogP contribution in [-0.2, 0) is 20.1 Å². The van der Waals surface area contributed by atoms with E-state index in [0.717, 1.165) is 38.4 Å². The number of aryl methyl sites for hydroxylation is 1. The molecule has 0 atom stereocenters. The molecule has 2 heterocycles. The Morgan fingerprint density at radius 2 is 1.95 bits per heavy atom. The fourth-order valence-electron chi connectivity index (χ4n) is 2.13. The van der Waals surface area contributed by atoms with Gasteiger partial charge in [0.25, 0.3) is 0 Å². The second-order valence-electron chi connectivity index (χ2n) is 4.89. The van der Waals surface area contributed by atoms with Crippen molar-refractivity contribution in [3.8, 4) is 0 Å². The predicted octanol–water partition coefficient (Wildman–Crippen LogP) is 1.57.